The van der Waals surface area contributed by atoms with E-state index in [-0.39, 0.29) is 38.2 Å². The monoisotopic (exact) mass is 706 g/mol. The average molecular weight is 707 g/mol. The molecule has 0 spiro atoms. The molecule has 0 aliphatic carbocycles. The van der Waals surface area contributed by atoms with Crippen LogP contribution in [0.1, 0.15) is 50.4 Å². The van der Waals surface area contributed by atoms with Gasteiger partial charge in [0.2, 0.25) is 19.2 Å². The lowest BCUT2D eigenvalue weighted by atomic mass is 10.0. The molecule has 0 saturated carbocycles. The molecule has 3 amide bonds. The zero-order valence-electron chi connectivity index (χ0n) is 28.1. The lowest BCUT2D eigenvalue weighted by Crippen LogP contribution is -2.56. The molecule has 4 rings (SSSR count). The number of benzene rings is 2. The lowest BCUT2D eigenvalue weighted by molar-refractivity contribution is -0.137. The van der Waals surface area contributed by atoms with Gasteiger partial charge in [-0.2, -0.15) is 0 Å². The van der Waals surface area contributed by atoms with Crippen LogP contribution in [0, 0.1) is 5.92 Å². The number of carbonyl (C=O) groups excluding carboxylic acids is 3. The summed E-state index contributed by atoms with van der Waals surface area (Å²) in [5, 5.41) is 18.4. The second-order valence-corrected chi connectivity index (χ2v) is 15.0. The second kappa shape index (κ2) is 17.5. The van der Waals surface area contributed by atoms with E-state index in [1.807, 2.05) is 18.2 Å². The number of amides is 3. The molecule has 4 aromatic rings. The SMILES string of the molecule is CCC(C(=O)O)P(=O)(O)C(CC(C)C)NC(=O)[C@H](Cc1cnc[nH]1)NC(=O)[C@@H](Cc1cccc2cccnc12)NC(=O)OCc1ccccc1. The van der Waals surface area contributed by atoms with Crippen molar-refractivity contribution in [3.05, 3.63) is 96.2 Å². The maximum Gasteiger partial charge on any atom is 0.408 e. The van der Waals surface area contributed by atoms with Crippen LogP contribution in [0.25, 0.3) is 10.9 Å². The number of aromatic nitrogens is 3. The Morgan fingerprint density at radius 2 is 1.62 bits per heavy atom. The molecule has 0 fully saturated rings. The van der Waals surface area contributed by atoms with Gasteiger partial charge in [-0.05, 0) is 36.0 Å². The summed E-state index contributed by atoms with van der Waals surface area (Å²) in [6, 6.07) is 15.6. The molecule has 2 aromatic heterocycles. The third kappa shape index (κ3) is 10.2. The van der Waals surface area contributed by atoms with Crippen LogP contribution in [-0.2, 0) is 43.1 Å². The zero-order chi connectivity index (χ0) is 36.3. The van der Waals surface area contributed by atoms with Crippen LogP contribution < -0.4 is 16.0 Å². The molecule has 2 aromatic carbocycles. The van der Waals surface area contributed by atoms with E-state index in [4.69, 9.17) is 4.74 Å². The first-order chi connectivity index (χ1) is 23.9. The fraction of sp³-hybridized carbons (Fsp3) is 0.371. The maximum absolute atomic E-state index is 14.1. The summed E-state index contributed by atoms with van der Waals surface area (Å²) >= 11 is 0. The van der Waals surface area contributed by atoms with Crippen LogP contribution in [0.5, 0.6) is 0 Å². The number of aromatic amines is 1. The number of para-hydroxylation sites is 1. The van der Waals surface area contributed by atoms with Crippen molar-refractivity contribution in [2.45, 2.75) is 76.6 Å². The molecule has 15 heteroatoms. The van der Waals surface area contributed by atoms with Crippen LogP contribution in [-0.4, -0.2) is 72.4 Å². The van der Waals surface area contributed by atoms with Crippen LogP contribution >= 0.6 is 7.37 Å². The Morgan fingerprint density at radius 3 is 2.28 bits per heavy atom. The predicted octanol–water partition coefficient (Wildman–Crippen LogP) is 4.14. The molecule has 3 unspecified atom stereocenters. The van der Waals surface area contributed by atoms with E-state index in [0.29, 0.717) is 16.8 Å². The topological polar surface area (TPSA) is 213 Å². The summed E-state index contributed by atoms with van der Waals surface area (Å²) in [6.07, 6.45) is 3.39. The molecular weight excluding hydrogens is 663 g/mol. The number of imidazole rings is 1. The van der Waals surface area contributed by atoms with Gasteiger partial charge in [0.05, 0.1) is 11.8 Å². The molecule has 0 saturated heterocycles. The highest BCUT2D eigenvalue weighted by Crippen LogP contribution is 2.53. The number of hydrogen-bond donors (Lipinski definition) is 6. The first kappa shape index (κ1) is 37.7. The van der Waals surface area contributed by atoms with Gasteiger partial charge < -0.3 is 35.7 Å². The van der Waals surface area contributed by atoms with E-state index < -0.39 is 54.8 Å². The fourth-order valence-corrected chi connectivity index (χ4v) is 7.90. The van der Waals surface area contributed by atoms with E-state index in [9.17, 15) is 33.7 Å². The average Bonchev–Trinajstić information content (AvgIpc) is 3.60. The molecular formula is C35H43N6O8P. The van der Waals surface area contributed by atoms with Gasteiger partial charge in [0.15, 0.2) is 0 Å². The van der Waals surface area contributed by atoms with Crippen LogP contribution in [0.4, 0.5) is 4.79 Å². The number of carbonyl (C=O) groups is 4. The van der Waals surface area contributed by atoms with Crippen LogP contribution in [0.3, 0.4) is 0 Å². The molecule has 2 heterocycles. The van der Waals surface area contributed by atoms with Gasteiger partial charge in [0, 0.05) is 36.3 Å². The largest absolute Gasteiger partial charge is 0.481 e. The second-order valence-electron chi connectivity index (χ2n) is 12.4. The number of carboxylic acid groups (broad SMARTS) is 1. The number of fused-ring (bicyclic) bond motifs is 1. The highest BCUT2D eigenvalue weighted by atomic mass is 31.2. The number of pyridine rings is 1. The predicted molar refractivity (Wildman–Crippen MR) is 186 cm³/mol. The number of H-pyrrole nitrogens is 1. The zero-order valence-corrected chi connectivity index (χ0v) is 29.0. The maximum atomic E-state index is 14.1. The molecule has 5 atom stereocenters. The van der Waals surface area contributed by atoms with E-state index in [1.54, 1.807) is 62.5 Å². The number of aliphatic carboxylic acids is 1. The van der Waals surface area contributed by atoms with E-state index >= 15 is 0 Å². The lowest BCUT2D eigenvalue weighted by Gasteiger charge is -2.31. The fourth-order valence-electron chi connectivity index (χ4n) is 5.59. The molecule has 0 aliphatic heterocycles. The third-order valence-electron chi connectivity index (χ3n) is 8.14. The number of nitrogens with one attached hydrogen (secondary N) is 4. The van der Waals surface area contributed by atoms with E-state index in [2.05, 4.69) is 30.9 Å². The number of alkyl carbamates (subject to hydrolysis) is 1. The summed E-state index contributed by atoms with van der Waals surface area (Å²) in [4.78, 5) is 75.3. The number of ether oxygens (including phenoxy) is 1. The van der Waals surface area contributed by atoms with Gasteiger partial charge in [-0.25, -0.2) is 9.78 Å². The van der Waals surface area contributed by atoms with Crippen molar-refractivity contribution in [2.24, 2.45) is 5.92 Å². The van der Waals surface area contributed by atoms with Crippen molar-refractivity contribution in [1.82, 2.24) is 30.9 Å². The Hall–Kier alpha value is -5.07. The molecule has 0 aliphatic rings. The highest BCUT2D eigenvalue weighted by molar-refractivity contribution is 7.60. The van der Waals surface area contributed by atoms with Crippen molar-refractivity contribution in [3.63, 3.8) is 0 Å². The Morgan fingerprint density at radius 1 is 0.920 bits per heavy atom. The summed E-state index contributed by atoms with van der Waals surface area (Å²) < 4.78 is 19.0. The molecule has 0 radical (unpaired) electrons. The van der Waals surface area contributed by atoms with Gasteiger partial charge in [0.25, 0.3) is 0 Å². The summed E-state index contributed by atoms with van der Waals surface area (Å²) in [7, 11) is -4.51. The Kier molecular flexibility index (Phi) is 13.2. The summed E-state index contributed by atoms with van der Waals surface area (Å²) in [6.45, 7) is 5.00. The first-order valence-electron chi connectivity index (χ1n) is 16.3. The quantitative estimate of drug-likeness (QED) is 0.0864. The minimum atomic E-state index is -4.51. The number of nitrogens with zero attached hydrogens (tertiary/aromatic N) is 2. The van der Waals surface area contributed by atoms with Crippen molar-refractivity contribution in [1.29, 1.82) is 0 Å². The number of rotatable bonds is 17. The Labute approximate surface area is 289 Å². The van der Waals surface area contributed by atoms with Gasteiger partial charge in [0.1, 0.15) is 30.1 Å². The van der Waals surface area contributed by atoms with Crippen molar-refractivity contribution >= 4 is 42.1 Å². The minimum absolute atomic E-state index is 0.0134. The number of carboxylic acids is 1. The van der Waals surface area contributed by atoms with Crippen LogP contribution in [0.2, 0.25) is 0 Å². The van der Waals surface area contributed by atoms with E-state index in [1.165, 1.54) is 19.4 Å². The standard InChI is InChI=1S/C35H43N6O8P/c1-4-29(34(44)45)50(47,48)30(16-22(2)3)41-33(43)28(18-26-19-36-21-38-26)39-32(42)27(40-35(46)49-20-23-10-6-5-7-11-23)17-25-13-8-12-24-14-9-15-37-31(24)25/h5-15,19,21-22,27-30H,4,16-18,20H2,1-3H3,(H,36,38)(H,39,42)(H,40,46)(H,41,43)(H,44,45)(H,47,48)/t27-,28+,29?,30?/m1/s1. The summed E-state index contributed by atoms with van der Waals surface area (Å²) in [5.41, 5.74) is 0.886. The van der Waals surface area contributed by atoms with Gasteiger partial charge >= 0.3 is 12.1 Å². The molecule has 14 nitrogen and oxygen atoms in total. The number of hydrogen-bond acceptors (Lipinski definition) is 8. The third-order valence-corrected chi connectivity index (χ3v) is 10.9. The smallest absolute Gasteiger partial charge is 0.408 e. The van der Waals surface area contributed by atoms with Gasteiger partial charge in [-0.1, -0.05) is 75.4 Å². The van der Waals surface area contributed by atoms with E-state index in [0.717, 1.165) is 10.9 Å². The Balaban J connectivity index is 1.62. The van der Waals surface area contributed by atoms with Crippen molar-refractivity contribution in [3.8, 4) is 0 Å². The first-order valence-corrected chi connectivity index (χ1v) is 18.1. The summed E-state index contributed by atoms with van der Waals surface area (Å²) in [5.74, 6) is -4.58. The molecule has 50 heavy (non-hydrogen) atoms. The Bertz CT molecular complexity index is 1800. The van der Waals surface area contributed by atoms with Gasteiger partial charge in [-0.3, -0.25) is 23.9 Å². The molecule has 6 N–H and O–H groups in total. The molecule has 0 bridgehead atoms. The highest BCUT2D eigenvalue weighted by Gasteiger charge is 2.44. The van der Waals surface area contributed by atoms with Gasteiger partial charge in [-0.15, -0.1) is 0 Å². The van der Waals surface area contributed by atoms with Crippen molar-refractivity contribution in [2.75, 3.05) is 0 Å². The normalized spacial score (nSPS) is 14.9. The van der Waals surface area contributed by atoms with Crippen LogP contribution in [0.15, 0.2) is 79.4 Å². The minimum Gasteiger partial charge on any atom is -0.481 e. The molecule has 266 valence electrons. The van der Waals surface area contributed by atoms with Crippen molar-refractivity contribution < 1.29 is 38.5 Å².